The van der Waals surface area contributed by atoms with Crippen molar-refractivity contribution in [3.8, 4) is 5.75 Å². The summed E-state index contributed by atoms with van der Waals surface area (Å²) in [5.41, 5.74) is 1.18. The molecular weight excluding hydrogens is 264 g/mol. The predicted octanol–water partition coefficient (Wildman–Crippen LogP) is 4.30. The van der Waals surface area contributed by atoms with E-state index in [9.17, 15) is 4.79 Å². The Morgan fingerprint density at radius 2 is 1.86 bits per heavy atom. The summed E-state index contributed by atoms with van der Waals surface area (Å²) < 4.78 is 10.5. The first-order valence-corrected chi connectivity index (χ1v) is 7.37. The highest BCUT2D eigenvalue weighted by molar-refractivity contribution is 5.84. The van der Waals surface area contributed by atoms with E-state index in [2.05, 4.69) is 25.1 Å². The minimum atomic E-state index is -0.116. The average Bonchev–Trinajstić information content (AvgIpc) is 2.51. The van der Waals surface area contributed by atoms with Gasteiger partial charge in [0.05, 0.1) is 13.7 Å². The lowest BCUT2D eigenvalue weighted by Gasteiger charge is -2.13. The van der Waals surface area contributed by atoms with Crippen LogP contribution in [0.3, 0.4) is 0 Å². The third-order valence-electron chi connectivity index (χ3n) is 3.59. The Labute approximate surface area is 125 Å². The van der Waals surface area contributed by atoms with Crippen LogP contribution in [0.4, 0.5) is 0 Å². The lowest BCUT2D eigenvalue weighted by atomic mass is 9.98. The quantitative estimate of drug-likeness (QED) is 0.743. The van der Waals surface area contributed by atoms with Crippen molar-refractivity contribution < 1.29 is 14.3 Å². The normalized spacial score (nSPS) is 12.1. The molecule has 0 heterocycles. The summed E-state index contributed by atoms with van der Waals surface area (Å²) in [6.45, 7) is 4.48. The molecule has 0 aliphatic heterocycles. The third-order valence-corrected chi connectivity index (χ3v) is 3.59. The van der Waals surface area contributed by atoms with Gasteiger partial charge >= 0.3 is 5.97 Å². The molecule has 1 atom stereocenters. The fourth-order valence-electron chi connectivity index (χ4n) is 2.27. The molecule has 0 saturated carbocycles. The summed E-state index contributed by atoms with van der Waals surface area (Å²) in [5, 5.41) is 2.31. The van der Waals surface area contributed by atoms with E-state index in [0.29, 0.717) is 13.0 Å². The maximum atomic E-state index is 11.4. The Hall–Kier alpha value is -2.03. The maximum absolute atomic E-state index is 11.4. The van der Waals surface area contributed by atoms with E-state index in [1.54, 1.807) is 7.11 Å². The van der Waals surface area contributed by atoms with E-state index in [1.807, 2.05) is 25.1 Å². The van der Waals surface area contributed by atoms with E-state index in [0.717, 1.165) is 17.6 Å². The van der Waals surface area contributed by atoms with Crippen molar-refractivity contribution in [2.75, 3.05) is 13.7 Å². The summed E-state index contributed by atoms with van der Waals surface area (Å²) in [6, 6.07) is 12.3. The number of fused-ring (bicyclic) bond motifs is 1. The van der Waals surface area contributed by atoms with E-state index in [4.69, 9.17) is 9.47 Å². The number of hydrogen-bond acceptors (Lipinski definition) is 3. The highest BCUT2D eigenvalue weighted by Gasteiger charge is 2.10. The largest absolute Gasteiger partial charge is 0.497 e. The first-order chi connectivity index (χ1) is 10.1. The number of carbonyl (C=O) groups excluding carboxylic acids is 1. The van der Waals surface area contributed by atoms with E-state index >= 15 is 0 Å². The second-order valence-corrected chi connectivity index (χ2v) is 5.31. The molecule has 0 fully saturated rings. The number of esters is 1. The van der Waals surface area contributed by atoms with Crippen molar-refractivity contribution in [3.63, 3.8) is 0 Å². The topological polar surface area (TPSA) is 35.5 Å². The molecule has 2 aromatic carbocycles. The van der Waals surface area contributed by atoms with Gasteiger partial charge in [0.1, 0.15) is 5.75 Å². The van der Waals surface area contributed by atoms with Crippen LogP contribution in [0.2, 0.25) is 0 Å². The summed E-state index contributed by atoms with van der Waals surface area (Å²) in [7, 11) is 1.67. The zero-order valence-corrected chi connectivity index (χ0v) is 12.9. The van der Waals surface area contributed by atoms with Crippen LogP contribution in [0, 0.1) is 0 Å². The van der Waals surface area contributed by atoms with Crippen LogP contribution < -0.4 is 4.74 Å². The number of carbonyl (C=O) groups is 1. The SMILES string of the molecule is CCCC(=O)OC[C@@H](C)c1ccc2cc(OC)ccc2c1. The van der Waals surface area contributed by atoms with Crippen molar-refractivity contribution in [3.05, 3.63) is 42.0 Å². The van der Waals surface area contributed by atoms with E-state index in [-0.39, 0.29) is 11.9 Å². The highest BCUT2D eigenvalue weighted by atomic mass is 16.5. The van der Waals surface area contributed by atoms with Crippen LogP contribution in [-0.4, -0.2) is 19.7 Å². The molecule has 112 valence electrons. The Kier molecular flexibility index (Phi) is 5.20. The maximum Gasteiger partial charge on any atom is 0.305 e. The standard InChI is InChI=1S/C18H22O3/c1-4-5-18(19)21-12-13(2)14-6-7-16-11-17(20-3)9-8-15(16)10-14/h6-11,13H,4-5,12H2,1-3H3/t13-/m1/s1. The molecule has 0 N–H and O–H groups in total. The summed E-state index contributed by atoms with van der Waals surface area (Å²) in [6.07, 6.45) is 1.31. The van der Waals surface area contributed by atoms with Crippen LogP contribution in [0.15, 0.2) is 36.4 Å². The average molecular weight is 286 g/mol. The van der Waals surface area contributed by atoms with Crippen molar-refractivity contribution in [2.24, 2.45) is 0 Å². The summed E-state index contributed by atoms with van der Waals surface area (Å²) in [5.74, 6) is 0.934. The van der Waals surface area contributed by atoms with Crippen LogP contribution in [0.25, 0.3) is 10.8 Å². The van der Waals surface area contributed by atoms with Gasteiger partial charge in [-0.2, -0.15) is 0 Å². The minimum Gasteiger partial charge on any atom is -0.497 e. The van der Waals surface area contributed by atoms with Gasteiger partial charge in [-0.3, -0.25) is 4.79 Å². The van der Waals surface area contributed by atoms with Gasteiger partial charge < -0.3 is 9.47 Å². The van der Waals surface area contributed by atoms with Crippen LogP contribution >= 0.6 is 0 Å². The zero-order valence-electron chi connectivity index (χ0n) is 12.9. The van der Waals surface area contributed by atoms with Crippen LogP contribution in [0.5, 0.6) is 5.75 Å². The zero-order chi connectivity index (χ0) is 15.2. The molecule has 21 heavy (non-hydrogen) atoms. The molecule has 0 radical (unpaired) electrons. The second kappa shape index (κ2) is 7.11. The molecule has 2 aromatic rings. The van der Waals surface area contributed by atoms with Gasteiger partial charge in [-0.15, -0.1) is 0 Å². The molecule has 0 spiro atoms. The van der Waals surface area contributed by atoms with Gasteiger partial charge in [0, 0.05) is 12.3 Å². The second-order valence-electron chi connectivity index (χ2n) is 5.31. The predicted molar refractivity (Wildman–Crippen MR) is 84.8 cm³/mol. The van der Waals surface area contributed by atoms with Gasteiger partial charge in [0.2, 0.25) is 0 Å². The molecule has 0 aromatic heterocycles. The molecule has 0 unspecified atom stereocenters. The number of benzene rings is 2. The first-order valence-electron chi connectivity index (χ1n) is 7.37. The third kappa shape index (κ3) is 3.97. The molecule has 0 aliphatic rings. The molecule has 3 nitrogen and oxygen atoms in total. The summed E-state index contributed by atoms with van der Waals surface area (Å²) >= 11 is 0. The molecular formula is C18H22O3. The molecule has 0 bridgehead atoms. The van der Waals surface area contributed by atoms with E-state index < -0.39 is 0 Å². The number of ether oxygens (including phenoxy) is 2. The fraction of sp³-hybridized carbons (Fsp3) is 0.389. The molecule has 2 rings (SSSR count). The number of rotatable bonds is 6. The van der Waals surface area contributed by atoms with Crippen LogP contribution in [-0.2, 0) is 9.53 Å². The summed E-state index contributed by atoms with van der Waals surface area (Å²) in [4.78, 5) is 11.4. The lowest BCUT2D eigenvalue weighted by Crippen LogP contribution is -2.10. The fourth-order valence-corrected chi connectivity index (χ4v) is 2.27. The van der Waals surface area contributed by atoms with Gasteiger partial charge in [-0.1, -0.05) is 38.1 Å². The van der Waals surface area contributed by atoms with Gasteiger partial charge in [-0.05, 0) is 34.9 Å². The highest BCUT2D eigenvalue weighted by Crippen LogP contribution is 2.25. The van der Waals surface area contributed by atoms with Gasteiger partial charge in [0.15, 0.2) is 0 Å². The van der Waals surface area contributed by atoms with Crippen molar-refractivity contribution in [1.82, 2.24) is 0 Å². The molecule has 0 saturated heterocycles. The van der Waals surface area contributed by atoms with Crippen molar-refractivity contribution >= 4 is 16.7 Å². The lowest BCUT2D eigenvalue weighted by molar-refractivity contribution is -0.144. The van der Waals surface area contributed by atoms with Crippen LogP contribution in [0.1, 0.15) is 38.2 Å². The van der Waals surface area contributed by atoms with Crippen molar-refractivity contribution in [1.29, 1.82) is 0 Å². The Bertz CT molecular complexity index is 619. The molecule has 0 amide bonds. The van der Waals surface area contributed by atoms with E-state index in [1.165, 1.54) is 10.9 Å². The smallest absolute Gasteiger partial charge is 0.305 e. The van der Waals surface area contributed by atoms with Gasteiger partial charge in [0.25, 0.3) is 0 Å². The number of hydrogen-bond donors (Lipinski definition) is 0. The Balaban J connectivity index is 2.09. The van der Waals surface area contributed by atoms with Gasteiger partial charge in [-0.25, -0.2) is 0 Å². The first kappa shape index (κ1) is 15.4. The molecule has 0 aliphatic carbocycles. The minimum absolute atomic E-state index is 0.116. The Morgan fingerprint density at radius 1 is 1.14 bits per heavy atom. The monoisotopic (exact) mass is 286 g/mol. The molecule has 3 heteroatoms. The van der Waals surface area contributed by atoms with Crippen molar-refractivity contribution in [2.45, 2.75) is 32.6 Å². The number of methoxy groups -OCH3 is 1. The Morgan fingerprint density at radius 3 is 2.57 bits per heavy atom.